The van der Waals surface area contributed by atoms with Crippen LogP contribution in [0.2, 0.25) is 0 Å². The van der Waals surface area contributed by atoms with E-state index in [1.54, 1.807) is 17.7 Å². The van der Waals surface area contributed by atoms with E-state index in [-0.39, 0.29) is 5.92 Å². The standard InChI is InChI=1S/C16H16F3N5S/c1-9-7-25-15-12(9)14(21-8-22-15)24-4-2-3-10(6-24)13-20-5-11(23-13)16(17,18)19/h5,7-8,10H,2-4,6H2,1H3,(H,20,23). The highest BCUT2D eigenvalue weighted by Gasteiger charge is 2.34. The Balaban J connectivity index is 1.63. The Morgan fingerprint density at radius 2 is 2.12 bits per heavy atom. The first-order valence-corrected chi connectivity index (χ1v) is 8.87. The van der Waals surface area contributed by atoms with Crippen molar-refractivity contribution in [2.75, 3.05) is 18.0 Å². The van der Waals surface area contributed by atoms with E-state index in [4.69, 9.17) is 0 Å². The van der Waals surface area contributed by atoms with E-state index in [1.165, 1.54) is 0 Å². The van der Waals surface area contributed by atoms with Crippen molar-refractivity contribution in [1.82, 2.24) is 19.9 Å². The summed E-state index contributed by atoms with van der Waals surface area (Å²) in [5, 5.41) is 3.08. The number of imidazole rings is 1. The van der Waals surface area contributed by atoms with Crippen LogP contribution in [-0.2, 0) is 6.18 Å². The van der Waals surface area contributed by atoms with Crippen LogP contribution in [0.25, 0.3) is 10.2 Å². The third-order valence-electron chi connectivity index (χ3n) is 4.54. The number of piperidine rings is 1. The molecular formula is C16H16F3N5S. The molecule has 3 aromatic rings. The number of halogens is 3. The summed E-state index contributed by atoms with van der Waals surface area (Å²) in [4.78, 5) is 18.2. The second kappa shape index (κ2) is 5.98. The average molecular weight is 367 g/mol. The minimum atomic E-state index is -4.40. The van der Waals surface area contributed by atoms with Crippen LogP contribution >= 0.6 is 11.3 Å². The quantitative estimate of drug-likeness (QED) is 0.740. The summed E-state index contributed by atoms with van der Waals surface area (Å²) >= 11 is 1.57. The molecule has 1 atom stereocenters. The number of hydrogen-bond acceptors (Lipinski definition) is 5. The van der Waals surface area contributed by atoms with E-state index in [2.05, 4.69) is 24.8 Å². The van der Waals surface area contributed by atoms with Gasteiger partial charge in [-0.1, -0.05) is 0 Å². The number of thiophene rings is 1. The molecule has 4 heterocycles. The molecule has 132 valence electrons. The van der Waals surface area contributed by atoms with Crippen LogP contribution in [0.4, 0.5) is 19.0 Å². The lowest BCUT2D eigenvalue weighted by Gasteiger charge is -2.33. The van der Waals surface area contributed by atoms with Gasteiger partial charge in [-0.2, -0.15) is 13.2 Å². The first-order valence-electron chi connectivity index (χ1n) is 7.99. The van der Waals surface area contributed by atoms with Gasteiger partial charge in [0.15, 0.2) is 0 Å². The number of hydrogen-bond donors (Lipinski definition) is 1. The van der Waals surface area contributed by atoms with Crippen LogP contribution in [0, 0.1) is 6.92 Å². The second-order valence-electron chi connectivity index (χ2n) is 6.26. The number of alkyl halides is 3. The van der Waals surface area contributed by atoms with E-state index in [1.807, 2.05) is 12.3 Å². The van der Waals surface area contributed by atoms with Gasteiger partial charge in [0, 0.05) is 19.0 Å². The molecule has 1 aliphatic rings. The van der Waals surface area contributed by atoms with Crippen molar-refractivity contribution in [3.05, 3.63) is 35.0 Å². The topological polar surface area (TPSA) is 57.7 Å². The number of aromatic nitrogens is 4. The maximum Gasteiger partial charge on any atom is 0.432 e. The van der Waals surface area contributed by atoms with Gasteiger partial charge in [0.1, 0.15) is 28.5 Å². The summed E-state index contributed by atoms with van der Waals surface area (Å²) in [6, 6.07) is 0. The van der Waals surface area contributed by atoms with Crippen molar-refractivity contribution >= 4 is 27.4 Å². The summed E-state index contributed by atoms with van der Waals surface area (Å²) in [6.07, 6.45) is -0.294. The maximum atomic E-state index is 12.8. The SMILES string of the molecule is Cc1csc2ncnc(N3CCCC(c4ncc(C(F)(F)F)[nH]4)C3)c12. The number of rotatable bonds is 2. The number of nitrogens with zero attached hydrogens (tertiary/aromatic N) is 4. The molecule has 0 spiro atoms. The fourth-order valence-corrected chi connectivity index (χ4v) is 4.20. The minimum Gasteiger partial charge on any atom is -0.355 e. The second-order valence-corrected chi connectivity index (χ2v) is 7.12. The monoisotopic (exact) mass is 367 g/mol. The predicted molar refractivity (Wildman–Crippen MR) is 89.9 cm³/mol. The molecular weight excluding hydrogens is 351 g/mol. The third-order valence-corrected chi connectivity index (χ3v) is 5.55. The highest BCUT2D eigenvalue weighted by Crippen LogP contribution is 2.35. The summed E-state index contributed by atoms with van der Waals surface area (Å²) in [6.45, 7) is 3.44. The number of anilines is 1. The molecule has 1 fully saturated rings. The van der Waals surface area contributed by atoms with E-state index >= 15 is 0 Å². The van der Waals surface area contributed by atoms with Gasteiger partial charge in [0.05, 0.1) is 11.6 Å². The molecule has 5 nitrogen and oxygen atoms in total. The number of fused-ring (bicyclic) bond motifs is 1. The van der Waals surface area contributed by atoms with Crippen LogP contribution < -0.4 is 4.90 Å². The fraction of sp³-hybridized carbons (Fsp3) is 0.438. The largest absolute Gasteiger partial charge is 0.432 e. The Labute approximate surface area is 145 Å². The number of H-pyrrole nitrogens is 1. The Bertz CT molecular complexity index is 901. The van der Waals surface area contributed by atoms with Crippen molar-refractivity contribution in [2.45, 2.75) is 31.9 Å². The number of aromatic amines is 1. The molecule has 0 saturated carbocycles. The average Bonchev–Trinajstić information content (AvgIpc) is 3.22. The minimum absolute atomic E-state index is 0.0752. The van der Waals surface area contributed by atoms with E-state index < -0.39 is 11.9 Å². The van der Waals surface area contributed by atoms with Crippen molar-refractivity contribution in [1.29, 1.82) is 0 Å². The van der Waals surface area contributed by atoms with Crippen molar-refractivity contribution in [2.24, 2.45) is 0 Å². The van der Waals surface area contributed by atoms with E-state index in [0.29, 0.717) is 12.4 Å². The molecule has 1 saturated heterocycles. The summed E-state index contributed by atoms with van der Waals surface area (Å²) in [5.41, 5.74) is 0.327. The van der Waals surface area contributed by atoms with Gasteiger partial charge < -0.3 is 9.88 Å². The van der Waals surface area contributed by atoms with Crippen molar-refractivity contribution in [3.8, 4) is 0 Å². The lowest BCUT2D eigenvalue weighted by molar-refractivity contribution is -0.141. The molecule has 4 rings (SSSR count). The van der Waals surface area contributed by atoms with Crippen LogP contribution in [0.3, 0.4) is 0 Å². The van der Waals surface area contributed by atoms with Gasteiger partial charge >= 0.3 is 6.18 Å². The molecule has 0 aliphatic carbocycles. The smallest absolute Gasteiger partial charge is 0.355 e. The first-order chi connectivity index (χ1) is 11.9. The zero-order valence-corrected chi connectivity index (χ0v) is 14.3. The van der Waals surface area contributed by atoms with Gasteiger partial charge in [-0.25, -0.2) is 15.0 Å². The van der Waals surface area contributed by atoms with E-state index in [9.17, 15) is 13.2 Å². The molecule has 0 radical (unpaired) electrons. The van der Waals surface area contributed by atoms with Gasteiger partial charge in [-0.3, -0.25) is 0 Å². The van der Waals surface area contributed by atoms with Gasteiger partial charge in [0.2, 0.25) is 0 Å². The molecule has 25 heavy (non-hydrogen) atoms. The lowest BCUT2D eigenvalue weighted by atomic mass is 9.97. The molecule has 1 aliphatic heterocycles. The van der Waals surface area contributed by atoms with Crippen LogP contribution in [0.15, 0.2) is 17.9 Å². The normalized spacial score (nSPS) is 18.9. The molecule has 3 aromatic heterocycles. The molecule has 1 unspecified atom stereocenters. The van der Waals surface area contributed by atoms with Gasteiger partial charge in [-0.05, 0) is 30.7 Å². The first kappa shape index (κ1) is 16.3. The molecule has 1 N–H and O–H groups in total. The zero-order chi connectivity index (χ0) is 17.6. The van der Waals surface area contributed by atoms with Crippen LogP contribution in [0.1, 0.15) is 35.8 Å². The zero-order valence-electron chi connectivity index (χ0n) is 13.5. The molecule has 0 aromatic carbocycles. The highest BCUT2D eigenvalue weighted by atomic mass is 32.1. The summed E-state index contributed by atoms with van der Waals surface area (Å²) < 4.78 is 38.4. The third kappa shape index (κ3) is 2.97. The number of aryl methyl sites for hydroxylation is 1. The summed E-state index contributed by atoms with van der Waals surface area (Å²) in [7, 11) is 0. The van der Waals surface area contributed by atoms with Crippen molar-refractivity contribution in [3.63, 3.8) is 0 Å². The maximum absolute atomic E-state index is 12.8. The Hall–Kier alpha value is -2.16. The summed E-state index contributed by atoms with van der Waals surface area (Å²) in [5.74, 6) is 1.18. The van der Waals surface area contributed by atoms with Crippen molar-refractivity contribution < 1.29 is 13.2 Å². The number of nitrogens with one attached hydrogen (secondary N) is 1. The Morgan fingerprint density at radius 1 is 1.28 bits per heavy atom. The Kier molecular flexibility index (Phi) is 3.90. The molecule has 0 bridgehead atoms. The van der Waals surface area contributed by atoms with Crippen LogP contribution in [0.5, 0.6) is 0 Å². The lowest BCUT2D eigenvalue weighted by Crippen LogP contribution is -2.35. The highest BCUT2D eigenvalue weighted by molar-refractivity contribution is 7.17. The Morgan fingerprint density at radius 3 is 2.88 bits per heavy atom. The van der Waals surface area contributed by atoms with Crippen LogP contribution in [-0.4, -0.2) is 33.0 Å². The van der Waals surface area contributed by atoms with Gasteiger partial charge in [-0.15, -0.1) is 11.3 Å². The molecule has 9 heteroatoms. The fourth-order valence-electron chi connectivity index (χ4n) is 3.32. The molecule has 0 amide bonds. The van der Waals surface area contributed by atoms with E-state index in [0.717, 1.165) is 47.2 Å². The predicted octanol–water partition coefficient (Wildman–Crippen LogP) is 4.13. The van der Waals surface area contributed by atoms with Gasteiger partial charge in [0.25, 0.3) is 0 Å².